The molecule has 0 fully saturated rings. The van der Waals surface area contributed by atoms with Crippen LogP contribution in [0, 0.1) is 0 Å². The molecule has 0 saturated carbocycles. The highest BCUT2D eigenvalue weighted by atomic mass is 127. The standard InChI is InChI=1S/C21H17I3O3/c1-20(2)18(23)19(24)21(27-20)15-7-5-4-6-14(15)16(22)17(26-21)12-8-10-13(25-3)11-9-12/h4-11H,1-3H3/t21-/m0/s1. The van der Waals surface area contributed by atoms with E-state index in [1.165, 1.54) is 3.58 Å². The highest BCUT2D eigenvalue weighted by molar-refractivity contribution is 14.1. The second kappa shape index (κ2) is 7.17. The van der Waals surface area contributed by atoms with Gasteiger partial charge in [-0.2, -0.15) is 0 Å². The van der Waals surface area contributed by atoms with Gasteiger partial charge in [0.25, 0.3) is 5.79 Å². The largest absolute Gasteiger partial charge is 0.497 e. The third-order valence-electron chi connectivity index (χ3n) is 4.72. The minimum Gasteiger partial charge on any atom is -0.497 e. The predicted octanol–water partition coefficient (Wildman–Crippen LogP) is 7.03. The van der Waals surface area contributed by atoms with Gasteiger partial charge in [-0.05, 0) is 106 Å². The average Bonchev–Trinajstić information content (AvgIpc) is 2.85. The van der Waals surface area contributed by atoms with Crippen LogP contribution in [0.1, 0.15) is 30.5 Å². The molecule has 2 heterocycles. The smallest absolute Gasteiger partial charge is 0.272 e. The molecule has 2 aliphatic heterocycles. The van der Waals surface area contributed by atoms with Crippen molar-refractivity contribution in [3.63, 3.8) is 0 Å². The summed E-state index contributed by atoms with van der Waals surface area (Å²) in [4.78, 5) is 0. The second-order valence-corrected chi connectivity index (χ2v) is 10.1. The highest BCUT2D eigenvalue weighted by Gasteiger charge is 2.56. The van der Waals surface area contributed by atoms with Crippen LogP contribution in [0.5, 0.6) is 5.75 Å². The summed E-state index contributed by atoms with van der Waals surface area (Å²) in [6.45, 7) is 4.18. The molecule has 1 spiro atoms. The van der Waals surface area contributed by atoms with Gasteiger partial charge in [-0.1, -0.05) is 24.3 Å². The lowest BCUT2D eigenvalue weighted by molar-refractivity contribution is -0.203. The Morgan fingerprint density at radius 1 is 0.889 bits per heavy atom. The molecule has 2 aromatic rings. The number of halogens is 3. The molecular weight excluding hydrogens is 681 g/mol. The van der Waals surface area contributed by atoms with Crippen molar-refractivity contribution in [2.45, 2.75) is 25.2 Å². The first-order valence-corrected chi connectivity index (χ1v) is 11.6. The monoisotopic (exact) mass is 698 g/mol. The van der Waals surface area contributed by atoms with Crippen LogP contribution < -0.4 is 4.74 Å². The van der Waals surface area contributed by atoms with Gasteiger partial charge in [0.05, 0.1) is 19.9 Å². The van der Waals surface area contributed by atoms with Gasteiger partial charge in [0, 0.05) is 20.3 Å². The molecule has 27 heavy (non-hydrogen) atoms. The van der Waals surface area contributed by atoms with Crippen molar-refractivity contribution < 1.29 is 14.2 Å². The lowest BCUT2D eigenvalue weighted by Crippen LogP contribution is -2.37. The molecule has 0 radical (unpaired) electrons. The van der Waals surface area contributed by atoms with Gasteiger partial charge in [-0.15, -0.1) is 0 Å². The van der Waals surface area contributed by atoms with Gasteiger partial charge >= 0.3 is 0 Å². The van der Waals surface area contributed by atoms with E-state index in [9.17, 15) is 0 Å². The Bertz CT molecular complexity index is 976. The molecular formula is C21H17I3O3. The lowest BCUT2D eigenvalue weighted by Gasteiger charge is -2.39. The Balaban J connectivity index is 1.93. The second-order valence-electron chi connectivity index (χ2n) is 6.88. The summed E-state index contributed by atoms with van der Waals surface area (Å²) in [5, 5.41) is 0. The Kier molecular flexibility index (Phi) is 5.30. The fraction of sp³-hybridized carbons (Fsp3) is 0.238. The van der Waals surface area contributed by atoms with Crippen molar-refractivity contribution in [1.29, 1.82) is 0 Å². The molecule has 3 nitrogen and oxygen atoms in total. The van der Waals surface area contributed by atoms with Gasteiger partial charge in [0.1, 0.15) is 11.5 Å². The van der Waals surface area contributed by atoms with Gasteiger partial charge < -0.3 is 14.2 Å². The normalized spacial score (nSPS) is 23.5. The first-order valence-electron chi connectivity index (χ1n) is 8.39. The maximum atomic E-state index is 6.69. The van der Waals surface area contributed by atoms with Crippen LogP contribution in [0.3, 0.4) is 0 Å². The number of benzene rings is 2. The average molecular weight is 698 g/mol. The zero-order valence-corrected chi connectivity index (χ0v) is 21.4. The molecule has 0 unspecified atom stereocenters. The van der Waals surface area contributed by atoms with Crippen LogP contribution in [0.25, 0.3) is 9.34 Å². The third-order valence-corrected chi connectivity index (χ3v) is 9.92. The van der Waals surface area contributed by atoms with E-state index in [0.29, 0.717) is 0 Å². The predicted molar refractivity (Wildman–Crippen MR) is 133 cm³/mol. The fourth-order valence-corrected chi connectivity index (χ4v) is 5.87. The fourth-order valence-electron chi connectivity index (χ4n) is 3.35. The van der Waals surface area contributed by atoms with Gasteiger partial charge in [0.2, 0.25) is 0 Å². The SMILES string of the molecule is COc1ccc(C2=C(I)c3ccccc3[C@]3(O2)OC(C)(C)C(I)=C3I)cc1. The van der Waals surface area contributed by atoms with E-state index < -0.39 is 11.4 Å². The highest BCUT2D eigenvalue weighted by Crippen LogP contribution is 2.59. The summed E-state index contributed by atoms with van der Waals surface area (Å²) >= 11 is 7.13. The van der Waals surface area contributed by atoms with Crippen molar-refractivity contribution in [3.05, 3.63) is 72.4 Å². The molecule has 0 aromatic heterocycles. The molecule has 0 aliphatic carbocycles. The zero-order chi connectivity index (χ0) is 19.4. The lowest BCUT2D eigenvalue weighted by atomic mass is 9.95. The van der Waals surface area contributed by atoms with Gasteiger partial charge in [0.15, 0.2) is 0 Å². The van der Waals surface area contributed by atoms with Crippen molar-refractivity contribution in [2.24, 2.45) is 0 Å². The van der Waals surface area contributed by atoms with E-state index in [4.69, 9.17) is 14.2 Å². The molecule has 2 aromatic carbocycles. The van der Waals surface area contributed by atoms with Crippen LogP contribution in [0.2, 0.25) is 0 Å². The molecule has 0 amide bonds. The van der Waals surface area contributed by atoms with Crippen LogP contribution in [-0.2, 0) is 15.3 Å². The molecule has 0 N–H and O–H groups in total. The number of ether oxygens (including phenoxy) is 3. The third kappa shape index (κ3) is 3.14. The van der Waals surface area contributed by atoms with Crippen LogP contribution in [-0.4, -0.2) is 12.7 Å². The summed E-state index contributed by atoms with van der Waals surface area (Å²) in [7, 11) is 1.67. The number of fused-ring (bicyclic) bond motifs is 2. The molecule has 0 bridgehead atoms. The van der Waals surface area contributed by atoms with Crippen LogP contribution in [0.4, 0.5) is 0 Å². The number of hydrogen-bond acceptors (Lipinski definition) is 3. The number of rotatable bonds is 2. The Morgan fingerprint density at radius 3 is 2.15 bits per heavy atom. The number of hydrogen-bond donors (Lipinski definition) is 0. The topological polar surface area (TPSA) is 27.7 Å². The Hall–Kier alpha value is -0.330. The van der Waals surface area contributed by atoms with Crippen LogP contribution in [0.15, 0.2) is 55.7 Å². The van der Waals surface area contributed by atoms with E-state index in [1.54, 1.807) is 7.11 Å². The summed E-state index contributed by atoms with van der Waals surface area (Å²) < 4.78 is 21.9. The van der Waals surface area contributed by atoms with Crippen molar-refractivity contribution in [2.75, 3.05) is 7.11 Å². The molecule has 6 heteroatoms. The van der Waals surface area contributed by atoms with E-state index in [-0.39, 0.29) is 0 Å². The Labute approximate surface area is 200 Å². The quantitative estimate of drug-likeness (QED) is 0.316. The molecule has 0 saturated heterocycles. The first kappa shape index (κ1) is 20.0. The molecule has 4 rings (SSSR count). The van der Waals surface area contributed by atoms with Crippen molar-refractivity contribution in [1.82, 2.24) is 0 Å². The zero-order valence-electron chi connectivity index (χ0n) is 15.0. The maximum absolute atomic E-state index is 6.69. The Morgan fingerprint density at radius 2 is 1.56 bits per heavy atom. The van der Waals surface area contributed by atoms with Crippen molar-refractivity contribution in [3.8, 4) is 5.75 Å². The minimum absolute atomic E-state index is 0.405. The van der Waals surface area contributed by atoms with E-state index in [2.05, 4.69) is 99.8 Å². The van der Waals surface area contributed by atoms with Crippen molar-refractivity contribution >= 4 is 77.1 Å². The summed E-state index contributed by atoms with van der Waals surface area (Å²) in [6, 6.07) is 16.3. The van der Waals surface area contributed by atoms with Gasteiger partial charge in [-0.3, -0.25) is 0 Å². The molecule has 1 atom stereocenters. The molecule has 140 valence electrons. The van der Waals surface area contributed by atoms with E-state index in [0.717, 1.165) is 35.4 Å². The van der Waals surface area contributed by atoms with E-state index in [1.807, 2.05) is 30.3 Å². The minimum atomic E-state index is -0.916. The molecule has 2 aliphatic rings. The summed E-state index contributed by atoms with van der Waals surface area (Å²) in [5.74, 6) is 0.733. The first-order chi connectivity index (χ1) is 12.8. The summed E-state index contributed by atoms with van der Waals surface area (Å²) in [6.07, 6.45) is 0. The van der Waals surface area contributed by atoms with E-state index >= 15 is 0 Å². The maximum Gasteiger partial charge on any atom is 0.272 e. The number of methoxy groups -OCH3 is 1. The van der Waals surface area contributed by atoms with Crippen LogP contribution >= 0.6 is 67.8 Å². The van der Waals surface area contributed by atoms with Gasteiger partial charge in [-0.25, -0.2) is 0 Å². The summed E-state index contributed by atoms with van der Waals surface area (Å²) in [5.41, 5.74) is 2.79.